The third kappa shape index (κ3) is 3.28. The van der Waals surface area contributed by atoms with E-state index in [-0.39, 0.29) is 17.2 Å². The van der Waals surface area contributed by atoms with Gasteiger partial charge < -0.3 is 9.32 Å². The van der Waals surface area contributed by atoms with Crippen LogP contribution in [0.4, 0.5) is 13.2 Å². The Kier molecular flexibility index (Phi) is 4.15. The highest BCUT2D eigenvalue weighted by atomic mass is 19.4. The number of furan rings is 1. The summed E-state index contributed by atoms with van der Waals surface area (Å²) in [5, 5.41) is 6.28. The van der Waals surface area contributed by atoms with Crippen LogP contribution < -0.4 is 5.69 Å². The number of hydrogen-bond donors (Lipinski definition) is 2. The first-order valence-corrected chi connectivity index (χ1v) is 8.84. The maximum absolute atomic E-state index is 13.2. The molecule has 4 rings (SSSR count). The third-order valence-corrected chi connectivity index (χ3v) is 5.53. The Hall–Kier alpha value is -2.52. The van der Waals surface area contributed by atoms with Gasteiger partial charge in [-0.05, 0) is 38.0 Å². The van der Waals surface area contributed by atoms with Crippen LogP contribution in [0.1, 0.15) is 48.0 Å². The van der Waals surface area contributed by atoms with Crippen LogP contribution in [0.5, 0.6) is 0 Å². The second-order valence-electron chi connectivity index (χ2n) is 7.24. The Morgan fingerprint density at radius 1 is 1.37 bits per heavy atom. The van der Waals surface area contributed by atoms with E-state index in [0.29, 0.717) is 24.6 Å². The highest BCUT2D eigenvalue weighted by molar-refractivity contribution is 5.80. The smallest absolute Gasteiger partial charge is 0.419 e. The second kappa shape index (κ2) is 6.28. The molecule has 3 heterocycles. The number of carbonyl (C=O) groups excluding carboxylic acids is 1. The lowest BCUT2D eigenvalue weighted by Crippen LogP contribution is -2.34. The monoisotopic (exact) mass is 384 g/mol. The lowest BCUT2D eigenvalue weighted by Gasteiger charge is -2.26. The number of carbonyl (C=O) groups is 1. The van der Waals surface area contributed by atoms with Gasteiger partial charge in [-0.3, -0.25) is 9.78 Å². The van der Waals surface area contributed by atoms with Gasteiger partial charge in [0.2, 0.25) is 5.91 Å². The molecule has 7 nitrogen and oxygen atoms in total. The highest BCUT2D eigenvalue weighted by Crippen LogP contribution is 2.49. The topological polar surface area (TPSA) is 95.0 Å². The van der Waals surface area contributed by atoms with Crippen LogP contribution in [0.3, 0.4) is 0 Å². The predicted octanol–water partition coefficient (Wildman–Crippen LogP) is 2.56. The molecule has 27 heavy (non-hydrogen) atoms. The minimum absolute atomic E-state index is 0.0818. The number of hydrogen-bond acceptors (Lipinski definition) is 4. The lowest BCUT2D eigenvalue weighted by atomic mass is 9.94. The summed E-state index contributed by atoms with van der Waals surface area (Å²) in [5.74, 6) is 0.623. The van der Waals surface area contributed by atoms with Gasteiger partial charge in [-0.15, -0.1) is 0 Å². The van der Waals surface area contributed by atoms with Crippen LogP contribution in [0.15, 0.2) is 15.5 Å². The van der Waals surface area contributed by atoms with E-state index in [1.165, 1.54) is 6.92 Å². The summed E-state index contributed by atoms with van der Waals surface area (Å²) in [6.45, 7) is 1.84. The Bertz CT molecular complexity index is 909. The molecular formula is C17H19F3N4O3. The standard InChI is InChI=1S/C17H19F3N4O3/c1-8-11(12(7-27-8)17(18,19)20)6-13(25)24-5-4-10(9-2-3-9)14(24)15-21-16(26)23-22-15/h7,9-10,14H,2-6H2,1H3,(H2,21,22,23,26). The molecule has 2 N–H and O–H groups in total. The lowest BCUT2D eigenvalue weighted by molar-refractivity contribution is -0.139. The minimum Gasteiger partial charge on any atom is -0.469 e. The van der Waals surface area contributed by atoms with Crippen LogP contribution in [-0.4, -0.2) is 32.5 Å². The summed E-state index contributed by atoms with van der Waals surface area (Å²) >= 11 is 0. The maximum Gasteiger partial charge on any atom is 0.419 e. The zero-order valence-corrected chi connectivity index (χ0v) is 14.6. The Labute approximate surface area is 151 Å². The molecule has 2 aromatic rings. The van der Waals surface area contributed by atoms with Crippen LogP contribution in [0, 0.1) is 18.8 Å². The van der Waals surface area contributed by atoms with Crippen molar-refractivity contribution in [2.24, 2.45) is 11.8 Å². The predicted molar refractivity (Wildman–Crippen MR) is 86.6 cm³/mol. The van der Waals surface area contributed by atoms with Crippen molar-refractivity contribution in [1.82, 2.24) is 20.1 Å². The van der Waals surface area contributed by atoms with E-state index in [4.69, 9.17) is 4.42 Å². The summed E-state index contributed by atoms with van der Waals surface area (Å²) in [7, 11) is 0. The van der Waals surface area contributed by atoms with Crippen LogP contribution >= 0.6 is 0 Å². The minimum atomic E-state index is -4.58. The van der Waals surface area contributed by atoms with Gasteiger partial charge in [0, 0.05) is 12.1 Å². The SMILES string of the molecule is Cc1occ(C(F)(F)F)c1CC(=O)N1CCC(C2CC2)C1c1n[nH]c(=O)[nH]1. The highest BCUT2D eigenvalue weighted by Gasteiger charge is 2.47. The van der Waals surface area contributed by atoms with Gasteiger partial charge in [0.25, 0.3) is 0 Å². The van der Waals surface area contributed by atoms with Gasteiger partial charge in [0.05, 0.1) is 18.0 Å². The molecule has 1 saturated heterocycles. The molecule has 0 aromatic carbocycles. The Balaban J connectivity index is 1.61. The molecule has 146 valence electrons. The molecular weight excluding hydrogens is 365 g/mol. The molecule has 1 aliphatic heterocycles. The number of nitrogens with zero attached hydrogens (tertiary/aromatic N) is 2. The number of halogens is 3. The average molecular weight is 384 g/mol. The fourth-order valence-electron chi connectivity index (χ4n) is 4.08. The van der Waals surface area contributed by atoms with Crippen LogP contribution in [-0.2, 0) is 17.4 Å². The quantitative estimate of drug-likeness (QED) is 0.847. The van der Waals surface area contributed by atoms with E-state index in [1.807, 2.05) is 0 Å². The van der Waals surface area contributed by atoms with Gasteiger partial charge in [-0.25, -0.2) is 9.89 Å². The van der Waals surface area contributed by atoms with E-state index < -0.39 is 35.8 Å². The Morgan fingerprint density at radius 2 is 2.11 bits per heavy atom. The summed E-state index contributed by atoms with van der Waals surface area (Å²) < 4.78 is 44.4. The van der Waals surface area contributed by atoms with Gasteiger partial charge in [-0.1, -0.05) is 0 Å². The van der Waals surface area contributed by atoms with Crippen molar-refractivity contribution in [3.8, 4) is 0 Å². The molecule has 1 saturated carbocycles. The second-order valence-corrected chi connectivity index (χ2v) is 7.24. The first-order chi connectivity index (χ1) is 12.8. The first kappa shape index (κ1) is 17.9. The number of alkyl halides is 3. The number of likely N-dealkylation sites (tertiary alicyclic amines) is 1. The molecule has 0 radical (unpaired) electrons. The number of H-pyrrole nitrogens is 2. The summed E-state index contributed by atoms with van der Waals surface area (Å²) in [5.41, 5.74) is -1.53. The van der Waals surface area contributed by atoms with Crippen molar-refractivity contribution in [1.29, 1.82) is 0 Å². The molecule has 2 atom stereocenters. The number of amides is 1. The molecule has 2 unspecified atom stereocenters. The number of aromatic nitrogens is 3. The summed E-state index contributed by atoms with van der Waals surface area (Å²) in [6, 6.07) is -0.425. The Morgan fingerprint density at radius 3 is 2.70 bits per heavy atom. The van der Waals surface area contributed by atoms with Crippen molar-refractivity contribution < 1.29 is 22.4 Å². The van der Waals surface area contributed by atoms with Gasteiger partial charge in [0.1, 0.15) is 12.0 Å². The van der Waals surface area contributed by atoms with Gasteiger partial charge in [0.15, 0.2) is 5.82 Å². The zero-order valence-electron chi connectivity index (χ0n) is 14.6. The number of nitrogens with one attached hydrogen (secondary N) is 2. The summed E-state index contributed by atoms with van der Waals surface area (Å²) in [6.07, 6.45) is -1.49. The van der Waals surface area contributed by atoms with E-state index >= 15 is 0 Å². The van der Waals surface area contributed by atoms with Gasteiger partial charge >= 0.3 is 11.9 Å². The van der Waals surface area contributed by atoms with Gasteiger partial charge in [-0.2, -0.15) is 18.3 Å². The van der Waals surface area contributed by atoms with Crippen LogP contribution in [0.2, 0.25) is 0 Å². The van der Waals surface area contributed by atoms with E-state index in [9.17, 15) is 22.8 Å². The van der Waals surface area contributed by atoms with Crippen molar-refractivity contribution >= 4 is 5.91 Å². The third-order valence-electron chi connectivity index (χ3n) is 5.53. The largest absolute Gasteiger partial charge is 0.469 e. The molecule has 1 amide bonds. The van der Waals surface area contributed by atoms with Crippen molar-refractivity contribution in [3.05, 3.63) is 39.5 Å². The molecule has 1 aliphatic carbocycles. The van der Waals surface area contributed by atoms with Crippen LogP contribution in [0.25, 0.3) is 0 Å². The zero-order chi connectivity index (χ0) is 19.3. The first-order valence-electron chi connectivity index (χ1n) is 8.84. The normalized spacial score (nSPS) is 23.2. The van der Waals surface area contributed by atoms with Crippen molar-refractivity contribution in [2.75, 3.05) is 6.54 Å². The van der Waals surface area contributed by atoms with E-state index in [2.05, 4.69) is 15.2 Å². The number of aryl methyl sites for hydroxylation is 1. The molecule has 2 aliphatic rings. The number of aromatic amines is 2. The molecule has 2 fully saturated rings. The molecule has 2 aromatic heterocycles. The van der Waals surface area contributed by atoms with Crippen molar-refractivity contribution in [3.63, 3.8) is 0 Å². The maximum atomic E-state index is 13.2. The molecule has 0 spiro atoms. The van der Waals surface area contributed by atoms with E-state index in [1.54, 1.807) is 4.90 Å². The molecule has 0 bridgehead atoms. The fraction of sp³-hybridized carbons (Fsp3) is 0.588. The fourth-order valence-corrected chi connectivity index (χ4v) is 4.08. The van der Waals surface area contributed by atoms with Crippen molar-refractivity contribution in [2.45, 2.75) is 44.8 Å². The summed E-state index contributed by atoms with van der Waals surface area (Å²) in [4.78, 5) is 28.5. The number of rotatable bonds is 4. The van der Waals surface area contributed by atoms with E-state index in [0.717, 1.165) is 19.3 Å². The molecule has 10 heteroatoms. The average Bonchev–Trinajstić information content (AvgIpc) is 3.00.